The van der Waals surface area contributed by atoms with E-state index in [9.17, 15) is 4.39 Å². The maximum absolute atomic E-state index is 13.7. The number of halogens is 1. The Morgan fingerprint density at radius 1 is 1.18 bits per heavy atom. The fourth-order valence-corrected chi connectivity index (χ4v) is 3.36. The molecule has 1 aromatic heterocycles. The number of benzene rings is 1. The zero-order valence-corrected chi connectivity index (χ0v) is 13.5. The molecule has 22 heavy (non-hydrogen) atoms. The van der Waals surface area contributed by atoms with Crippen LogP contribution in [0, 0.1) is 11.7 Å². The first-order valence-corrected chi connectivity index (χ1v) is 8.29. The Bertz CT molecular complexity index is 617. The molecular formula is C19H25FN2. The zero-order chi connectivity index (χ0) is 15.5. The lowest BCUT2D eigenvalue weighted by Gasteiger charge is -2.31. The fraction of sp³-hybridized carbons (Fsp3) is 0.474. The summed E-state index contributed by atoms with van der Waals surface area (Å²) in [6, 6.07) is 11.5. The molecule has 2 aromatic rings. The maximum atomic E-state index is 13.7. The van der Waals surface area contributed by atoms with Crippen LogP contribution < -0.4 is 0 Å². The van der Waals surface area contributed by atoms with E-state index in [-0.39, 0.29) is 11.9 Å². The minimum atomic E-state index is -0.149. The summed E-state index contributed by atoms with van der Waals surface area (Å²) in [4.78, 5) is 2.52. The summed E-state index contributed by atoms with van der Waals surface area (Å²) < 4.78 is 16.1. The van der Waals surface area contributed by atoms with Crippen LogP contribution in [-0.2, 0) is 6.54 Å². The minimum absolute atomic E-state index is 0.149. The molecule has 1 aliphatic rings. The van der Waals surface area contributed by atoms with Gasteiger partial charge in [-0.25, -0.2) is 4.39 Å². The van der Waals surface area contributed by atoms with Gasteiger partial charge in [-0.3, -0.25) is 4.90 Å². The first kappa shape index (κ1) is 15.3. The summed E-state index contributed by atoms with van der Waals surface area (Å²) in [5, 5.41) is 0. The van der Waals surface area contributed by atoms with Crippen molar-refractivity contribution < 1.29 is 4.39 Å². The van der Waals surface area contributed by atoms with Gasteiger partial charge in [-0.15, -0.1) is 0 Å². The van der Waals surface area contributed by atoms with E-state index in [0.717, 1.165) is 31.6 Å². The second-order valence-electron chi connectivity index (χ2n) is 6.66. The Kier molecular flexibility index (Phi) is 4.63. The van der Waals surface area contributed by atoms with Crippen molar-refractivity contribution in [3.63, 3.8) is 0 Å². The summed E-state index contributed by atoms with van der Waals surface area (Å²) in [5.74, 6) is 0.534. The number of hydrogen-bond donors (Lipinski definition) is 0. The number of fused-ring (bicyclic) bond motifs is 1. The number of aromatic nitrogens is 1. The Hall–Kier alpha value is -1.61. The van der Waals surface area contributed by atoms with Gasteiger partial charge >= 0.3 is 0 Å². The van der Waals surface area contributed by atoms with E-state index in [1.54, 1.807) is 6.07 Å². The Balaban J connectivity index is 1.97. The zero-order valence-electron chi connectivity index (χ0n) is 13.5. The van der Waals surface area contributed by atoms with Crippen molar-refractivity contribution in [3.05, 3.63) is 59.7 Å². The van der Waals surface area contributed by atoms with Gasteiger partial charge in [0.05, 0.1) is 6.04 Å². The smallest absolute Gasteiger partial charge is 0.123 e. The second-order valence-corrected chi connectivity index (χ2v) is 6.66. The van der Waals surface area contributed by atoms with Gasteiger partial charge in [-0.05, 0) is 55.1 Å². The van der Waals surface area contributed by atoms with E-state index >= 15 is 0 Å². The molecule has 0 radical (unpaired) electrons. The molecule has 2 nitrogen and oxygen atoms in total. The molecule has 3 heteroatoms. The molecule has 1 aromatic carbocycles. The maximum Gasteiger partial charge on any atom is 0.123 e. The van der Waals surface area contributed by atoms with Crippen LogP contribution in [-0.4, -0.2) is 22.6 Å². The lowest BCUT2D eigenvalue weighted by Crippen LogP contribution is -2.31. The van der Waals surface area contributed by atoms with Crippen molar-refractivity contribution >= 4 is 0 Å². The van der Waals surface area contributed by atoms with Gasteiger partial charge in [-0.1, -0.05) is 26.0 Å². The molecule has 0 spiro atoms. The Labute approximate surface area is 132 Å². The molecule has 0 bridgehead atoms. The molecule has 0 saturated heterocycles. The van der Waals surface area contributed by atoms with Crippen molar-refractivity contribution in [1.29, 1.82) is 0 Å². The van der Waals surface area contributed by atoms with E-state index in [1.807, 2.05) is 6.07 Å². The molecule has 118 valence electrons. The van der Waals surface area contributed by atoms with Crippen molar-refractivity contribution in [2.24, 2.45) is 5.92 Å². The monoisotopic (exact) mass is 300 g/mol. The molecule has 0 N–H and O–H groups in total. The molecule has 3 rings (SSSR count). The second kappa shape index (κ2) is 6.66. The van der Waals surface area contributed by atoms with Gasteiger partial charge in [0.2, 0.25) is 0 Å². The number of hydrogen-bond acceptors (Lipinski definition) is 1. The van der Waals surface area contributed by atoms with Gasteiger partial charge in [0.25, 0.3) is 0 Å². The molecule has 0 fully saturated rings. The van der Waals surface area contributed by atoms with Crippen molar-refractivity contribution in [2.75, 3.05) is 13.1 Å². The Morgan fingerprint density at radius 2 is 2.05 bits per heavy atom. The van der Waals surface area contributed by atoms with Gasteiger partial charge in [-0.2, -0.15) is 0 Å². The Morgan fingerprint density at radius 3 is 2.82 bits per heavy atom. The van der Waals surface area contributed by atoms with Crippen molar-refractivity contribution in [2.45, 2.75) is 39.3 Å². The molecule has 0 aliphatic carbocycles. The highest BCUT2D eigenvalue weighted by molar-refractivity contribution is 5.30. The summed E-state index contributed by atoms with van der Waals surface area (Å²) >= 11 is 0. The quantitative estimate of drug-likeness (QED) is 0.809. The predicted molar refractivity (Wildman–Crippen MR) is 88.3 cm³/mol. The van der Waals surface area contributed by atoms with E-state index in [4.69, 9.17) is 0 Å². The molecule has 2 heterocycles. The van der Waals surface area contributed by atoms with Crippen molar-refractivity contribution in [3.8, 4) is 0 Å². The SMILES string of the molecule is CC(C)CCN1CCCn2cccc2C1c1cccc(F)c1. The van der Waals surface area contributed by atoms with E-state index in [0.29, 0.717) is 5.92 Å². The summed E-state index contributed by atoms with van der Waals surface area (Å²) in [6.45, 7) is 7.70. The average molecular weight is 300 g/mol. The first-order valence-electron chi connectivity index (χ1n) is 8.29. The van der Waals surface area contributed by atoms with Crippen LogP contribution in [0.3, 0.4) is 0 Å². The van der Waals surface area contributed by atoms with E-state index < -0.39 is 0 Å². The topological polar surface area (TPSA) is 8.17 Å². The lowest BCUT2D eigenvalue weighted by molar-refractivity contribution is 0.216. The van der Waals surface area contributed by atoms with Gasteiger partial charge < -0.3 is 4.57 Å². The highest BCUT2D eigenvalue weighted by Crippen LogP contribution is 2.32. The largest absolute Gasteiger partial charge is 0.350 e. The van der Waals surface area contributed by atoms with E-state index in [2.05, 4.69) is 47.7 Å². The number of aryl methyl sites for hydroxylation is 1. The van der Waals surface area contributed by atoms with Crippen LogP contribution in [0.2, 0.25) is 0 Å². The molecule has 1 atom stereocenters. The fourth-order valence-electron chi connectivity index (χ4n) is 3.36. The third-order valence-electron chi connectivity index (χ3n) is 4.51. The van der Waals surface area contributed by atoms with Crippen LogP contribution in [0.1, 0.15) is 44.0 Å². The molecule has 0 saturated carbocycles. The summed E-state index contributed by atoms with van der Waals surface area (Å²) in [7, 11) is 0. The highest BCUT2D eigenvalue weighted by Gasteiger charge is 2.27. The minimum Gasteiger partial charge on any atom is -0.350 e. The van der Waals surface area contributed by atoms with Crippen molar-refractivity contribution in [1.82, 2.24) is 9.47 Å². The third kappa shape index (κ3) is 3.25. The lowest BCUT2D eigenvalue weighted by atomic mass is 10.0. The van der Waals surface area contributed by atoms with Crippen LogP contribution in [0.15, 0.2) is 42.6 Å². The standard InChI is InChI=1S/C19H25FN2/c1-15(2)9-13-22-12-5-11-21-10-4-8-18(21)19(22)16-6-3-7-17(20)14-16/h3-4,6-8,10,14-15,19H,5,9,11-13H2,1-2H3. The normalized spacial score (nSPS) is 19.2. The highest BCUT2D eigenvalue weighted by atomic mass is 19.1. The van der Waals surface area contributed by atoms with Crippen LogP contribution in [0.25, 0.3) is 0 Å². The van der Waals surface area contributed by atoms with Gasteiger partial charge in [0.1, 0.15) is 5.82 Å². The summed E-state index contributed by atoms with van der Waals surface area (Å²) in [5.41, 5.74) is 2.34. The molecule has 0 amide bonds. The van der Waals surface area contributed by atoms with E-state index in [1.165, 1.54) is 18.2 Å². The molecule has 1 unspecified atom stereocenters. The van der Waals surface area contributed by atoms with Crippen LogP contribution in [0.5, 0.6) is 0 Å². The van der Waals surface area contributed by atoms with Crippen LogP contribution >= 0.6 is 0 Å². The average Bonchev–Trinajstić information content (AvgIpc) is 2.86. The van der Waals surface area contributed by atoms with Gasteiger partial charge in [0.15, 0.2) is 0 Å². The molecule has 1 aliphatic heterocycles. The van der Waals surface area contributed by atoms with Gasteiger partial charge in [0, 0.05) is 25.0 Å². The third-order valence-corrected chi connectivity index (χ3v) is 4.51. The first-order chi connectivity index (χ1) is 10.6. The van der Waals surface area contributed by atoms with Crippen LogP contribution in [0.4, 0.5) is 4.39 Å². The molecular weight excluding hydrogens is 275 g/mol. The number of nitrogens with zero attached hydrogens (tertiary/aromatic N) is 2. The summed E-state index contributed by atoms with van der Waals surface area (Å²) in [6.07, 6.45) is 4.46. The number of rotatable bonds is 4. The predicted octanol–water partition coefficient (Wildman–Crippen LogP) is 4.47.